The molecule has 0 spiro atoms. The molecule has 2 N–H and O–H groups in total. The second-order valence-corrected chi connectivity index (χ2v) is 3.94. The van der Waals surface area contributed by atoms with Crippen LogP contribution in [-0.2, 0) is 4.79 Å². The molecule has 0 bridgehead atoms. The maximum atomic E-state index is 11.5. The van der Waals surface area contributed by atoms with Gasteiger partial charge in [0.2, 0.25) is 5.91 Å². The van der Waals surface area contributed by atoms with E-state index in [-0.39, 0.29) is 10.8 Å². The van der Waals surface area contributed by atoms with E-state index in [1.807, 2.05) is 6.92 Å². The van der Waals surface area contributed by atoms with Crippen molar-refractivity contribution in [3.8, 4) is 0 Å². The summed E-state index contributed by atoms with van der Waals surface area (Å²) < 4.78 is 0. The summed E-state index contributed by atoms with van der Waals surface area (Å²) in [7, 11) is 0. The summed E-state index contributed by atoms with van der Waals surface area (Å²) in [6.45, 7) is 2.48. The lowest BCUT2D eigenvalue weighted by molar-refractivity contribution is -0.384. The largest absolute Gasteiger partial charge is 0.363 e. The van der Waals surface area contributed by atoms with Crippen LogP contribution in [0.15, 0.2) is 30.3 Å². The monoisotopic (exact) mass is 279 g/mol. The van der Waals surface area contributed by atoms with Crippen LogP contribution in [0.25, 0.3) is 6.08 Å². The molecule has 0 saturated carbocycles. The lowest BCUT2D eigenvalue weighted by Gasteiger charge is -2.04. The number of nitro benzene ring substituents is 1. The lowest BCUT2D eigenvalue weighted by atomic mass is 10.2. The second-order valence-electron chi connectivity index (χ2n) is 3.53. The number of hydrogen-bond acceptors (Lipinski definition) is 4. The first kappa shape index (κ1) is 14.8. The van der Waals surface area contributed by atoms with Crippen molar-refractivity contribution >= 4 is 35.0 Å². The Morgan fingerprint density at radius 3 is 2.89 bits per heavy atom. The Hall–Kier alpha value is -2.28. The Bertz CT molecular complexity index is 529. The Balaban J connectivity index is 2.66. The van der Waals surface area contributed by atoms with Crippen LogP contribution in [0.3, 0.4) is 0 Å². The molecule has 1 aromatic carbocycles. The van der Waals surface area contributed by atoms with E-state index < -0.39 is 10.8 Å². The maximum Gasteiger partial charge on any atom is 0.270 e. The van der Waals surface area contributed by atoms with Gasteiger partial charge in [-0.2, -0.15) is 0 Å². The van der Waals surface area contributed by atoms with Gasteiger partial charge < -0.3 is 5.32 Å². The van der Waals surface area contributed by atoms with E-state index in [0.29, 0.717) is 12.1 Å². The molecule has 0 aliphatic rings. The number of carbonyl (C=O) groups excluding carboxylic acids is 1. The minimum absolute atomic E-state index is 0.0225. The van der Waals surface area contributed by atoms with Crippen LogP contribution in [0.5, 0.6) is 0 Å². The molecular formula is C12H13N3O3S. The third kappa shape index (κ3) is 5.26. The van der Waals surface area contributed by atoms with E-state index in [4.69, 9.17) is 12.2 Å². The molecule has 1 amide bonds. The summed E-state index contributed by atoms with van der Waals surface area (Å²) in [4.78, 5) is 21.6. The van der Waals surface area contributed by atoms with Crippen molar-refractivity contribution < 1.29 is 9.72 Å². The second kappa shape index (κ2) is 7.22. The van der Waals surface area contributed by atoms with Crippen LogP contribution in [0.2, 0.25) is 0 Å². The van der Waals surface area contributed by atoms with Crippen molar-refractivity contribution in [3.63, 3.8) is 0 Å². The SMILES string of the molecule is CCNC(=S)NC(=O)/C=C/c1cccc([N+](=O)[O-])c1. The summed E-state index contributed by atoms with van der Waals surface area (Å²) in [6, 6.07) is 5.99. The topological polar surface area (TPSA) is 84.3 Å². The van der Waals surface area contributed by atoms with E-state index >= 15 is 0 Å². The first-order valence-electron chi connectivity index (χ1n) is 5.54. The van der Waals surface area contributed by atoms with E-state index in [1.54, 1.807) is 12.1 Å². The number of rotatable bonds is 4. The molecule has 0 radical (unpaired) electrons. The zero-order valence-corrected chi connectivity index (χ0v) is 11.1. The maximum absolute atomic E-state index is 11.5. The van der Waals surface area contributed by atoms with Gasteiger partial charge in [0.25, 0.3) is 5.69 Å². The number of thiocarbonyl (C=S) groups is 1. The zero-order valence-electron chi connectivity index (χ0n) is 10.3. The molecule has 0 saturated heterocycles. The molecule has 7 heteroatoms. The van der Waals surface area contributed by atoms with Crippen LogP contribution < -0.4 is 10.6 Å². The summed E-state index contributed by atoms with van der Waals surface area (Å²) in [6.07, 6.45) is 2.75. The Morgan fingerprint density at radius 2 is 2.26 bits per heavy atom. The third-order valence-electron chi connectivity index (χ3n) is 2.08. The molecule has 0 fully saturated rings. The lowest BCUT2D eigenvalue weighted by Crippen LogP contribution is -2.38. The van der Waals surface area contributed by atoms with Gasteiger partial charge in [-0.1, -0.05) is 12.1 Å². The van der Waals surface area contributed by atoms with Crippen molar-refractivity contribution in [1.29, 1.82) is 0 Å². The van der Waals surface area contributed by atoms with E-state index in [9.17, 15) is 14.9 Å². The molecule has 1 aromatic rings. The van der Waals surface area contributed by atoms with Gasteiger partial charge in [-0.15, -0.1) is 0 Å². The van der Waals surface area contributed by atoms with Gasteiger partial charge >= 0.3 is 0 Å². The van der Waals surface area contributed by atoms with Crippen molar-refractivity contribution in [1.82, 2.24) is 10.6 Å². The molecule has 0 unspecified atom stereocenters. The third-order valence-corrected chi connectivity index (χ3v) is 2.33. The molecule has 1 rings (SSSR count). The molecule has 100 valence electrons. The number of carbonyl (C=O) groups is 1. The van der Waals surface area contributed by atoms with Crippen LogP contribution in [0.1, 0.15) is 12.5 Å². The van der Waals surface area contributed by atoms with Crippen LogP contribution in [-0.4, -0.2) is 22.5 Å². The number of non-ortho nitro benzene ring substituents is 1. The van der Waals surface area contributed by atoms with Gasteiger partial charge in [0.15, 0.2) is 5.11 Å². The van der Waals surface area contributed by atoms with E-state index in [1.165, 1.54) is 24.3 Å². The summed E-state index contributed by atoms with van der Waals surface area (Å²) in [5, 5.41) is 16.1. The minimum atomic E-state index is -0.488. The minimum Gasteiger partial charge on any atom is -0.363 e. The smallest absolute Gasteiger partial charge is 0.270 e. The van der Waals surface area contributed by atoms with Crippen molar-refractivity contribution in [2.45, 2.75) is 6.92 Å². The molecule has 6 nitrogen and oxygen atoms in total. The number of hydrogen-bond donors (Lipinski definition) is 2. The van der Waals surface area contributed by atoms with E-state index in [2.05, 4.69) is 10.6 Å². The van der Waals surface area contributed by atoms with Crippen molar-refractivity contribution in [3.05, 3.63) is 46.0 Å². The number of amides is 1. The van der Waals surface area contributed by atoms with Crippen molar-refractivity contribution in [2.75, 3.05) is 6.54 Å². The molecule has 19 heavy (non-hydrogen) atoms. The average molecular weight is 279 g/mol. The highest BCUT2D eigenvalue weighted by Gasteiger charge is 2.04. The van der Waals surface area contributed by atoms with Gasteiger partial charge in [-0.05, 0) is 30.8 Å². The van der Waals surface area contributed by atoms with Crippen LogP contribution >= 0.6 is 12.2 Å². The fourth-order valence-corrected chi connectivity index (χ4v) is 1.52. The highest BCUT2D eigenvalue weighted by molar-refractivity contribution is 7.80. The number of nitro groups is 1. The predicted molar refractivity (Wildman–Crippen MR) is 76.5 cm³/mol. The van der Waals surface area contributed by atoms with E-state index in [0.717, 1.165) is 0 Å². The summed E-state index contributed by atoms with van der Waals surface area (Å²) in [5.41, 5.74) is 0.546. The van der Waals surface area contributed by atoms with Gasteiger partial charge in [0.05, 0.1) is 4.92 Å². The normalized spacial score (nSPS) is 10.2. The molecule has 0 atom stereocenters. The summed E-state index contributed by atoms with van der Waals surface area (Å²) in [5.74, 6) is -0.391. The highest BCUT2D eigenvalue weighted by Crippen LogP contribution is 2.13. The van der Waals surface area contributed by atoms with Gasteiger partial charge in [-0.3, -0.25) is 20.2 Å². The quantitative estimate of drug-likeness (QED) is 0.378. The van der Waals surface area contributed by atoms with Gasteiger partial charge in [-0.25, -0.2) is 0 Å². The molecule has 0 heterocycles. The predicted octanol–water partition coefficient (Wildman–Crippen LogP) is 1.62. The number of nitrogens with one attached hydrogen (secondary N) is 2. The number of nitrogens with zero attached hydrogens (tertiary/aromatic N) is 1. The first-order valence-corrected chi connectivity index (χ1v) is 5.95. The Morgan fingerprint density at radius 1 is 1.53 bits per heavy atom. The van der Waals surface area contributed by atoms with Crippen LogP contribution in [0.4, 0.5) is 5.69 Å². The highest BCUT2D eigenvalue weighted by atomic mass is 32.1. The fourth-order valence-electron chi connectivity index (χ4n) is 1.27. The van der Waals surface area contributed by atoms with Crippen LogP contribution in [0, 0.1) is 10.1 Å². The summed E-state index contributed by atoms with van der Waals surface area (Å²) >= 11 is 4.85. The van der Waals surface area contributed by atoms with Gasteiger partial charge in [0, 0.05) is 24.8 Å². The van der Waals surface area contributed by atoms with Crippen molar-refractivity contribution in [2.24, 2.45) is 0 Å². The average Bonchev–Trinajstić information content (AvgIpc) is 2.37. The molecule has 0 aliphatic heterocycles. The zero-order chi connectivity index (χ0) is 14.3. The molecule has 0 aliphatic carbocycles. The Kier molecular flexibility index (Phi) is 5.62. The Labute approximate surface area is 115 Å². The molecule has 0 aromatic heterocycles. The molecular weight excluding hydrogens is 266 g/mol. The standard InChI is InChI=1S/C12H13N3O3S/c1-2-13-12(19)14-11(16)7-6-9-4-3-5-10(8-9)15(17)18/h3-8H,2H2,1H3,(H2,13,14,16,19)/b7-6+. The fraction of sp³-hybridized carbons (Fsp3) is 0.167. The first-order chi connectivity index (χ1) is 9.02. The number of benzene rings is 1. The van der Waals surface area contributed by atoms with Gasteiger partial charge in [0.1, 0.15) is 0 Å².